The third-order valence-electron chi connectivity index (χ3n) is 7.08. The van der Waals surface area contributed by atoms with E-state index in [0.717, 1.165) is 32.1 Å². The Balaban J connectivity index is 2.04. The van der Waals surface area contributed by atoms with Crippen LogP contribution in [0.1, 0.15) is 59.3 Å². The van der Waals surface area contributed by atoms with Crippen molar-refractivity contribution < 1.29 is 24.9 Å². The van der Waals surface area contributed by atoms with Crippen LogP contribution in [-0.4, -0.2) is 62.8 Å². The van der Waals surface area contributed by atoms with Gasteiger partial charge < -0.3 is 25.0 Å². The van der Waals surface area contributed by atoms with Gasteiger partial charge in [0.1, 0.15) is 17.4 Å². The van der Waals surface area contributed by atoms with Crippen LogP contribution in [0.25, 0.3) is 0 Å². The summed E-state index contributed by atoms with van der Waals surface area (Å²) in [6, 6.07) is 0. The maximum absolute atomic E-state index is 13.3. The lowest BCUT2D eigenvalue weighted by Gasteiger charge is -2.47. The van der Waals surface area contributed by atoms with Gasteiger partial charge in [0.25, 0.3) is 0 Å². The fraction of sp³-hybridized carbons (Fsp3) is 0.857. The molecule has 3 rings (SSSR count). The molecule has 1 unspecified atom stereocenters. The number of carbonyl (C=O) groups excluding carboxylic acids is 1. The molecule has 2 saturated heterocycles. The normalized spacial score (nSPS) is 41.0. The zero-order valence-electron chi connectivity index (χ0n) is 16.8. The highest BCUT2D eigenvalue weighted by Crippen LogP contribution is 2.54. The summed E-state index contributed by atoms with van der Waals surface area (Å²) in [6.45, 7) is 5.73. The average molecular weight is 382 g/mol. The van der Waals surface area contributed by atoms with Gasteiger partial charge in [0, 0.05) is 18.4 Å². The number of amides is 1. The number of nitrogens with zero attached hydrogens (tertiary/aromatic N) is 1. The highest BCUT2D eigenvalue weighted by atomic mass is 16.5. The van der Waals surface area contributed by atoms with Crippen molar-refractivity contribution in [3.05, 3.63) is 12.2 Å². The lowest BCUT2D eigenvalue weighted by Crippen LogP contribution is -2.67. The van der Waals surface area contributed by atoms with Gasteiger partial charge in [0.2, 0.25) is 5.91 Å². The topological polar surface area (TPSA) is 90.2 Å². The predicted octanol–water partition coefficient (Wildman–Crippen LogP) is 1.83. The molecule has 0 radical (unpaired) electrons. The summed E-state index contributed by atoms with van der Waals surface area (Å²) in [6.07, 6.45) is 7.60. The number of hydrogen-bond donors (Lipinski definition) is 3. The Morgan fingerprint density at radius 1 is 1.44 bits per heavy atom. The van der Waals surface area contributed by atoms with Gasteiger partial charge in [0.05, 0.1) is 18.6 Å². The minimum Gasteiger partial charge on any atom is -0.396 e. The van der Waals surface area contributed by atoms with Gasteiger partial charge in [-0.2, -0.15) is 0 Å². The summed E-state index contributed by atoms with van der Waals surface area (Å²) in [5.74, 6) is -0.945. The minimum atomic E-state index is -1.47. The second-order valence-electron chi connectivity index (χ2n) is 8.78. The van der Waals surface area contributed by atoms with E-state index in [1.165, 1.54) is 0 Å². The van der Waals surface area contributed by atoms with Crippen LogP contribution >= 0.6 is 0 Å². The van der Waals surface area contributed by atoms with E-state index in [4.69, 9.17) is 4.74 Å². The van der Waals surface area contributed by atoms with Gasteiger partial charge in [0.15, 0.2) is 0 Å². The molecule has 0 aromatic carbocycles. The molecule has 6 heteroatoms. The van der Waals surface area contributed by atoms with Crippen molar-refractivity contribution in [2.24, 2.45) is 17.8 Å². The highest BCUT2D eigenvalue weighted by molar-refractivity contribution is 5.85. The first-order valence-electron chi connectivity index (χ1n) is 10.5. The standard InChI is InChI=1S/C21H35NO5/c1-4-8-14(2)19-22-18(25)16(11-12-23)20(3,26)21(22,13-27-19)17(24)15-9-6-5-7-10-15/h6,9,14-17,19,23-24,26H,4-5,7-8,10-13H2,1-3H3/t14?,15-,16-,17+,19-,20-,21+/m1/s1. The molecule has 0 spiro atoms. The molecule has 6 nitrogen and oxygen atoms in total. The third-order valence-corrected chi connectivity index (χ3v) is 7.08. The SMILES string of the molecule is CCCC(C)[C@H]1OC[C@@]2([C@@H](O)[C@@H]3C=CCCC3)N1C(=O)[C@@H](CCO)[C@@]2(C)O. The second-order valence-corrected chi connectivity index (χ2v) is 8.78. The van der Waals surface area contributed by atoms with Crippen LogP contribution in [0.5, 0.6) is 0 Å². The molecule has 27 heavy (non-hydrogen) atoms. The van der Waals surface area contributed by atoms with E-state index in [1.54, 1.807) is 11.8 Å². The van der Waals surface area contributed by atoms with Crippen LogP contribution < -0.4 is 0 Å². The Morgan fingerprint density at radius 2 is 2.19 bits per heavy atom. The lowest BCUT2D eigenvalue weighted by molar-refractivity contribution is -0.145. The summed E-state index contributed by atoms with van der Waals surface area (Å²) in [7, 11) is 0. The van der Waals surface area contributed by atoms with Gasteiger partial charge in [-0.15, -0.1) is 0 Å². The molecule has 0 saturated carbocycles. The molecule has 2 aliphatic heterocycles. The minimum absolute atomic E-state index is 0.110. The van der Waals surface area contributed by atoms with Crippen LogP contribution in [0.4, 0.5) is 0 Å². The number of rotatable bonds is 7. The number of aliphatic hydroxyl groups is 3. The number of aliphatic hydroxyl groups excluding tert-OH is 2. The molecule has 0 aromatic heterocycles. The summed E-state index contributed by atoms with van der Waals surface area (Å²) >= 11 is 0. The monoisotopic (exact) mass is 381 g/mol. The van der Waals surface area contributed by atoms with Crippen molar-refractivity contribution in [1.29, 1.82) is 0 Å². The van der Waals surface area contributed by atoms with Gasteiger partial charge in [-0.25, -0.2) is 0 Å². The molecule has 7 atom stereocenters. The fourth-order valence-corrected chi connectivity index (χ4v) is 5.54. The second kappa shape index (κ2) is 7.82. The van der Waals surface area contributed by atoms with Crippen LogP contribution in [-0.2, 0) is 9.53 Å². The molecule has 1 amide bonds. The molecule has 0 aromatic rings. The van der Waals surface area contributed by atoms with Gasteiger partial charge >= 0.3 is 0 Å². The van der Waals surface area contributed by atoms with Crippen molar-refractivity contribution >= 4 is 5.91 Å². The molecule has 3 aliphatic rings. The maximum atomic E-state index is 13.3. The van der Waals surface area contributed by atoms with Crippen molar-refractivity contribution in [1.82, 2.24) is 4.90 Å². The molecule has 2 heterocycles. The van der Waals surface area contributed by atoms with Gasteiger partial charge in [-0.1, -0.05) is 32.4 Å². The number of hydrogen-bond acceptors (Lipinski definition) is 5. The number of ether oxygens (including phenoxy) is 1. The van der Waals surface area contributed by atoms with E-state index in [2.05, 4.69) is 19.9 Å². The van der Waals surface area contributed by atoms with Gasteiger partial charge in [-0.05, 0) is 39.0 Å². The molecule has 154 valence electrons. The molecule has 0 bridgehead atoms. The fourth-order valence-electron chi connectivity index (χ4n) is 5.54. The molecule has 1 aliphatic carbocycles. The van der Waals surface area contributed by atoms with Crippen LogP contribution in [0.15, 0.2) is 12.2 Å². The van der Waals surface area contributed by atoms with E-state index in [9.17, 15) is 20.1 Å². The Morgan fingerprint density at radius 3 is 2.78 bits per heavy atom. The van der Waals surface area contributed by atoms with E-state index < -0.39 is 29.4 Å². The largest absolute Gasteiger partial charge is 0.396 e. The predicted molar refractivity (Wildman–Crippen MR) is 102 cm³/mol. The lowest BCUT2D eigenvalue weighted by atomic mass is 9.68. The first kappa shape index (κ1) is 20.8. The van der Waals surface area contributed by atoms with Crippen LogP contribution in [0, 0.1) is 17.8 Å². The van der Waals surface area contributed by atoms with E-state index in [0.29, 0.717) is 0 Å². The van der Waals surface area contributed by atoms with E-state index in [-0.39, 0.29) is 37.4 Å². The van der Waals surface area contributed by atoms with Crippen molar-refractivity contribution in [3.63, 3.8) is 0 Å². The third kappa shape index (κ3) is 3.05. The number of fused-ring (bicyclic) bond motifs is 1. The Hall–Kier alpha value is -0.950. The summed E-state index contributed by atoms with van der Waals surface area (Å²) in [5, 5.41) is 32.5. The summed E-state index contributed by atoms with van der Waals surface area (Å²) in [5.41, 5.74) is -2.65. The Bertz CT molecular complexity index is 577. The van der Waals surface area contributed by atoms with Gasteiger partial charge in [-0.3, -0.25) is 4.79 Å². The average Bonchev–Trinajstić information content (AvgIpc) is 3.13. The van der Waals surface area contributed by atoms with Crippen molar-refractivity contribution in [3.8, 4) is 0 Å². The Labute approximate surface area is 162 Å². The first-order chi connectivity index (χ1) is 12.8. The van der Waals surface area contributed by atoms with Crippen molar-refractivity contribution in [2.75, 3.05) is 13.2 Å². The van der Waals surface area contributed by atoms with Crippen LogP contribution in [0.2, 0.25) is 0 Å². The zero-order valence-corrected chi connectivity index (χ0v) is 16.8. The van der Waals surface area contributed by atoms with Crippen LogP contribution in [0.3, 0.4) is 0 Å². The zero-order chi connectivity index (χ0) is 19.8. The number of carbonyl (C=O) groups is 1. The summed E-state index contributed by atoms with van der Waals surface area (Å²) < 4.78 is 6.08. The summed E-state index contributed by atoms with van der Waals surface area (Å²) in [4.78, 5) is 15.0. The maximum Gasteiger partial charge on any atom is 0.231 e. The molecular formula is C21H35NO5. The molecule has 2 fully saturated rings. The highest BCUT2D eigenvalue weighted by Gasteiger charge is 2.73. The molecular weight excluding hydrogens is 346 g/mol. The quantitative estimate of drug-likeness (QED) is 0.586. The van der Waals surface area contributed by atoms with Crippen molar-refractivity contribution in [2.45, 2.75) is 82.8 Å². The van der Waals surface area contributed by atoms with E-state index in [1.807, 2.05) is 6.08 Å². The first-order valence-corrected chi connectivity index (χ1v) is 10.5. The smallest absolute Gasteiger partial charge is 0.231 e. The molecule has 3 N–H and O–H groups in total. The van der Waals surface area contributed by atoms with E-state index >= 15 is 0 Å². The number of allylic oxidation sites excluding steroid dienone is 1. The Kier molecular flexibility index (Phi) is 6.02.